The number of urea groups is 1. The number of fused-ring (bicyclic) bond motifs is 1. The summed E-state index contributed by atoms with van der Waals surface area (Å²) < 4.78 is 16.0. The van der Waals surface area contributed by atoms with Crippen LogP contribution in [0.5, 0.6) is 5.75 Å². The molecule has 0 unspecified atom stereocenters. The topological polar surface area (TPSA) is 163 Å². The van der Waals surface area contributed by atoms with Crippen molar-refractivity contribution in [2.75, 3.05) is 31.1 Å². The van der Waals surface area contributed by atoms with Crippen LogP contribution in [0.3, 0.4) is 0 Å². The summed E-state index contributed by atoms with van der Waals surface area (Å²) in [6.07, 6.45) is 2.07. The minimum absolute atomic E-state index is 0.0232. The highest BCUT2D eigenvalue weighted by Gasteiger charge is 2.51. The van der Waals surface area contributed by atoms with Crippen LogP contribution in [0.2, 0.25) is 0 Å². The summed E-state index contributed by atoms with van der Waals surface area (Å²) >= 11 is 0. The SMILES string of the molecule is C=CCN1CC(=O)N2[C@@H](Cc3ccc(OP(=O)(O)O)cc3)C(=O)N(Cc3cccc(N4CCCC4=O)c3)C[C@@H]2N1C(=O)NCc1ccccc1. The van der Waals surface area contributed by atoms with Crippen molar-refractivity contribution in [1.82, 2.24) is 25.1 Å². The highest BCUT2D eigenvalue weighted by atomic mass is 31.2. The first-order valence-corrected chi connectivity index (χ1v) is 17.8. The van der Waals surface area contributed by atoms with Crippen molar-refractivity contribution >= 4 is 37.3 Å². The molecule has 0 saturated carbocycles. The molecule has 5 amide bonds. The smallest absolute Gasteiger partial charge is 0.404 e. The molecule has 0 aliphatic carbocycles. The lowest BCUT2D eigenvalue weighted by molar-refractivity contribution is -0.189. The second-order valence-corrected chi connectivity index (χ2v) is 13.6. The number of piperazine rings is 1. The van der Waals surface area contributed by atoms with Crippen LogP contribution < -0.4 is 14.7 Å². The first-order valence-electron chi connectivity index (χ1n) is 16.3. The Morgan fingerprint density at radius 3 is 2.38 bits per heavy atom. The minimum atomic E-state index is -4.78. The summed E-state index contributed by atoms with van der Waals surface area (Å²) in [6.45, 7) is 4.93. The molecule has 3 aromatic rings. The highest BCUT2D eigenvalue weighted by molar-refractivity contribution is 7.46. The largest absolute Gasteiger partial charge is 0.524 e. The molecule has 50 heavy (non-hydrogen) atoms. The zero-order chi connectivity index (χ0) is 35.4. The maximum absolute atomic E-state index is 14.4. The second kappa shape index (κ2) is 14.9. The van der Waals surface area contributed by atoms with Gasteiger partial charge in [0, 0.05) is 44.7 Å². The number of nitrogens with one attached hydrogen (secondary N) is 1. The van der Waals surface area contributed by atoms with E-state index in [1.165, 1.54) is 22.0 Å². The molecule has 0 bridgehead atoms. The first kappa shape index (κ1) is 34.8. The van der Waals surface area contributed by atoms with Gasteiger partial charge in [0.05, 0.1) is 13.1 Å². The number of benzene rings is 3. The van der Waals surface area contributed by atoms with Crippen LogP contribution in [-0.4, -0.2) is 91.7 Å². The van der Waals surface area contributed by atoms with Gasteiger partial charge in [-0.05, 0) is 47.4 Å². The van der Waals surface area contributed by atoms with Gasteiger partial charge in [-0.3, -0.25) is 24.2 Å². The van der Waals surface area contributed by atoms with Crippen molar-refractivity contribution in [2.45, 2.75) is 44.6 Å². The van der Waals surface area contributed by atoms with Crippen molar-refractivity contribution in [3.8, 4) is 5.75 Å². The third kappa shape index (κ3) is 7.89. The number of anilines is 1. The van der Waals surface area contributed by atoms with Crippen LogP contribution in [0, 0.1) is 0 Å². The number of carbonyl (C=O) groups is 4. The second-order valence-electron chi connectivity index (χ2n) is 12.4. The van der Waals surface area contributed by atoms with E-state index in [0.717, 1.165) is 23.2 Å². The Morgan fingerprint density at radius 1 is 0.960 bits per heavy atom. The van der Waals surface area contributed by atoms with Gasteiger partial charge in [0.1, 0.15) is 18.0 Å². The molecule has 0 radical (unpaired) electrons. The summed E-state index contributed by atoms with van der Waals surface area (Å²) in [7, 11) is -4.78. The lowest BCUT2D eigenvalue weighted by Gasteiger charge is -2.55. The van der Waals surface area contributed by atoms with Crippen molar-refractivity contribution in [2.24, 2.45) is 0 Å². The fourth-order valence-electron chi connectivity index (χ4n) is 6.71. The molecule has 3 fully saturated rings. The average molecular weight is 703 g/mol. The van der Waals surface area contributed by atoms with Gasteiger partial charge in [-0.2, -0.15) is 0 Å². The van der Waals surface area contributed by atoms with Crippen molar-refractivity contribution in [3.63, 3.8) is 0 Å². The van der Waals surface area contributed by atoms with Crippen LogP contribution in [-0.2, 0) is 38.5 Å². The molecule has 0 spiro atoms. The van der Waals surface area contributed by atoms with Crippen LogP contribution in [0.1, 0.15) is 29.5 Å². The van der Waals surface area contributed by atoms with Crippen LogP contribution in [0.15, 0.2) is 91.5 Å². The Kier molecular flexibility index (Phi) is 10.3. The molecule has 3 heterocycles. The van der Waals surface area contributed by atoms with Crippen molar-refractivity contribution in [1.29, 1.82) is 0 Å². The van der Waals surface area contributed by atoms with Gasteiger partial charge in [-0.15, -0.1) is 6.58 Å². The number of hydrazine groups is 1. The van der Waals surface area contributed by atoms with Gasteiger partial charge in [0.15, 0.2) is 0 Å². The van der Waals surface area contributed by atoms with Gasteiger partial charge in [-0.25, -0.2) is 19.4 Å². The van der Waals surface area contributed by atoms with Crippen LogP contribution in [0.4, 0.5) is 10.5 Å². The van der Waals surface area contributed by atoms with Gasteiger partial charge in [-0.1, -0.05) is 60.7 Å². The fourth-order valence-corrected chi connectivity index (χ4v) is 7.11. The molecule has 2 atom stereocenters. The van der Waals surface area contributed by atoms with E-state index < -0.39 is 26.1 Å². The number of carbonyl (C=O) groups excluding carboxylic acids is 4. The Bertz CT molecular complexity index is 1800. The molecular weight excluding hydrogens is 663 g/mol. The van der Waals surface area contributed by atoms with E-state index in [9.17, 15) is 33.5 Å². The summed E-state index contributed by atoms with van der Waals surface area (Å²) in [5.41, 5.74) is 3.03. The number of phosphoric acid groups is 1. The summed E-state index contributed by atoms with van der Waals surface area (Å²) in [5, 5.41) is 6.08. The Labute approximate surface area is 289 Å². The molecule has 262 valence electrons. The summed E-state index contributed by atoms with van der Waals surface area (Å²) in [4.78, 5) is 77.9. The van der Waals surface area contributed by atoms with Gasteiger partial charge >= 0.3 is 13.9 Å². The molecule has 0 aromatic heterocycles. The maximum atomic E-state index is 14.4. The Balaban J connectivity index is 1.33. The van der Waals surface area contributed by atoms with Crippen molar-refractivity contribution in [3.05, 3.63) is 108 Å². The van der Waals surface area contributed by atoms with E-state index in [2.05, 4.69) is 16.4 Å². The van der Waals surface area contributed by atoms with E-state index in [0.29, 0.717) is 18.5 Å². The predicted molar refractivity (Wildman–Crippen MR) is 183 cm³/mol. The maximum Gasteiger partial charge on any atom is 0.524 e. The quantitative estimate of drug-likeness (QED) is 0.201. The molecule has 3 N–H and O–H groups in total. The molecule has 3 aromatic carbocycles. The number of hydrogen-bond donors (Lipinski definition) is 3. The average Bonchev–Trinajstić information content (AvgIpc) is 3.52. The van der Waals surface area contributed by atoms with E-state index in [1.807, 2.05) is 54.6 Å². The summed E-state index contributed by atoms with van der Waals surface area (Å²) in [6, 6.07) is 21.4. The Morgan fingerprint density at radius 2 is 1.70 bits per heavy atom. The molecule has 3 saturated heterocycles. The van der Waals surface area contributed by atoms with Crippen LogP contribution >= 0.6 is 7.82 Å². The third-order valence-electron chi connectivity index (χ3n) is 8.91. The summed E-state index contributed by atoms with van der Waals surface area (Å²) in [5.74, 6) is -0.667. The number of nitrogens with zero attached hydrogens (tertiary/aromatic N) is 5. The minimum Gasteiger partial charge on any atom is -0.404 e. The molecule has 3 aliphatic heterocycles. The normalized spacial score (nSPS) is 19.8. The molecule has 3 aliphatic rings. The van der Waals surface area contributed by atoms with Crippen LogP contribution in [0.25, 0.3) is 0 Å². The molecular formula is C35H39N6O8P. The number of phosphoric ester groups is 1. The third-order valence-corrected chi connectivity index (χ3v) is 9.36. The number of rotatable bonds is 11. The fraction of sp³-hybridized carbons (Fsp3) is 0.314. The molecule has 14 nitrogen and oxygen atoms in total. The standard InChI is InChI=1S/C35H39N6O8P/c1-2-17-38-24-33(43)40-30(20-25-13-15-29(16-14-25)49-50(46,47)48)34(44)37(22-27-10-6-11-28(19-27)39-18-7-12-32(39)42)23-31(40)41(38)35(45)36-21-26-8-4-3-5-9-26/h2-6,8-11,13-16,19,30-31H,1,7,12,17-18,20-24H2,(H,36,45)(H2,46,47,48)/t30-,31-/m0/s1. The zero-order valence-electron chi connectivity index (χ0n) is 27.3. The monoisotopic (exact) mass is 702 g/mol. The first-order chi connectivity index (χ1) is 24.0. The van der Waals surface area contributed by atoms with E-state index in [4.69, 9.17) is 0 Å². The highest BCUT2D eigenvalue weighted by Crippen LogP contribution is 2.38. The van der Waals surface area contributed by atoms with E-state index in [1.54, 1.807) is 33.0 Å². The van der Waals surface area contributed by atoms with Crippen molar-refractivity contribution < 1.29 is 38.1 Å². The lowest BCUT2D eigenvalue weighted by Crippen LogP contribution is -2.76. The van der Waals surface area contributed by atoms with Gasteiger partial charge in [0.2, 0.25) is 17.7 Å². The zero-order valence-corrected chi connectivity index (χ0v) is 28.2. The number of amides is 5. The lowest BCUT2D eigenvalue weighted by atomic mass is 9.98. The molecule has 6 rings (SSSR count). The number of hydrogen-bond acceptors (Lipinski definition) is 7. The van der Waals surface area contributed by atoms with Gasteiger partial charge < -0.3 is 24.5 Å². The molecule has 15 heteroatoms. The van der Waals surface area contributed by atoms with E-state index >= 15 is 0 Å². The predicted octanol–water partition coefficient (Wildman–Crippen LogP) is 3.02. The van der Waals surface area contributed by atoms with Gasteiger partial charge in [0.25, 0.3) is 0 Å². The van der Waals surface area contributed by atoms with E-state index in [-0.39, 0.29) is 62.6 Å². The Hall–Kier alpha value is -5.01.